The Kier molecular flexibility index (Phi) is 2.37. The van der Waals surface area contributed by atoms with Crippen molar-refractivity contribution in [2.45, 2.75) is 6.42 Å². The molecule has 0 aliphatic carbocycles. The maximum absolute atomic E-state index is 4.16. The molecule has 1 radical (unpaired) electrons. The molecule has 0 saturated carbocycles. The van der Waals surface area contributed by atoms with E-state index in [4.69, 9.17) is 0 Å². The molecule has 1 aromatic rings. The smallest absolute Gasteiger partial charge is 0.0887 e. The number of hydrogen-bond donors (Lipinski definition) is 0. The molecule has 0 spiro atoms. The topological polar surface area (TPSA) is 14.1 Å². The first kappa shape index (κ1) is 7.74. The Morgan fingerprint density at radius 2 is 2.08 bits per heavy atom. The fraction of sp³-hybridized carbons (Fsp3) is 0.200. The summed E-state index contributed by atoms with van der Waals surface area (Å²) in [7, 11) is 0. The lowest BCUT2D eigenvalue weighted by Crippen LogP contribution is -1.83. The van der Waals surface area contributed by atoms with Crippen LogP contribution in [0.15, 0.2) is 41.4 Å². The standard InChI is InChI=1S/C10H10NS/c1-2-4-9(5-3-1)6-10-7-11-8-12-10/h1-5,7H,6,8H2. The number of allylic oxidation sites excluding steroid dienone is 1. The molecule has 0 aromatic heterocycles. The van der Waals surface area contributed by atoms with Crippen LogP contribution in [0.3, 0.4) is 0 Å². The highest BCUT2D eigenvalue weighted by atomic mass is 32.2. The summed E-state index contributed by atoms with van der Waals surface area (Å²) in [5, 5.41) is 4.16. The van der Waals surface area contributed by atoms with Gasteiger partial charge in [-0.15, -0.1) is 11.8 Å². The molecule has 0 saturated heterocycles. The summed E-state index contributed by atoms with van der Waals surface area (Å²) >= 11 is 1.83. The van der Waals surface area contributed by atoms with Crippen LogP contribution < -0.4 is 5.32 Å². The Balaban J connectivity index is 2.04. The van der Waals surface area contributed by atoms with Crippen LogP contribution in [-0.4, -0.2) is 5.88 Å². The van der Waals surface area contributed by atoms with Gasteiger partial charge in [0.15, 0.2) is 0 Å². The molecule has 61 valence electrons. The molecule has 1 aliphatic rings. The molecule has 1 aromatic carbocycles. The van der Waals surface area contributed by atoms with Gasteiger partial charge in [0.1, 0.15) is 0 Å². The van der Waals surface area contributed by atoms with Crippen molar-refractivity contribution < 1.29 is 0 Å². The largest absolute Gasteiger partial charge is 0.281 e. The Morgan fingerprint density at radius 3 is 2.75 bits per heavy atom. The molecule has 2 rings (SSSR count). The van der Waals surface area contributed by atoms with Gasteiger partial charge in [-0.25, -0.2) is 0 Å². The van der Waals surface area contributed by atoms with Gasteiger partial charge in [0.2, 0.25) is 0 Å². The lowest BCUT2D eigenvalue weighted by atomic mass is 10.1. The van der Waals surface area contributed by atoms with E-state index < -0.39 is 0 Å². The van der Waals surface area contributed by atoms with E-state index in [1.807, 2.05) is 24.0 Å². The molecule has 0 unspecified atom stereocenters. The van der Waals surface area contributed by atoms with Crippen LogP contribution in [-0.2, 0) is 6.42 Å². The zero-order valence-electron chi connectivity index (χ0n) is 6.73. The molecule has 12 heavy (non-hydrogen) atoms. The molecular weight excluding hydrogens is 166 g/mol. The van der Waals surface area contributed by atoms with Crippen LogP contribution in [0.1, 0.15) is 5.56 Å². The van der Waals surface area contributed by atoms with Gasteiger partial charge in [-0.1, -0.05) is 30.3 Å². The number of thioether (sulfide) groups is 1. The van der Waals surface area contributed by atoms with E-state index in [2.05, 4.69) is 29.6 Å². The fourth-order valence-electron chi connectivity index (χ4n) is 1.19. The summed E-state index contributed by atoms with van der Waals surface area (Å²) in [6, 6.07) is 10.5. The van der Waals surface area contributed by atoms with Gasteiger partial charge >= 0.3 is 0 Å². The molecule has 1 aliphatic heterocycles. The lowest BCUT2D eigenvalue weighted by molar-refractivity contribution is 1.05. The van der Waals surface area contributed by atoms with Crippen LogP contribution in [0.5, 0.6) is 0 Å². The van der Waals surface area contributed by atoms with E-state index in [0.717, 1.165) is 12.3 Å². The summed E-state index contributed by atoms with van der Waals surface area (Å²) < 4.78 is 0. The predicted molar refractivity (Wildman–Crippen MR) is 52.8 cm³/mol. The normalized spacial score (nSPS) is 15.5. The van der Waals surface area contributed by atoms with Crippen molar-refractivity contribution in [3.8, 4) is 0 Å². The monoisotopic (exact) mass is 176 g/mol. The van der Waals surface area contributed by atoms with Crippen LogP contribution in [0.25, 0.3) is 0 Å². The average molecular weight is 176 g/mol. The zero-order valence-corrected chi connectivity index (χ0v) is 7.55. The quantitative estimate of drug-likeness (QED) is 0.674. The highest BCUT2D eigenvalue weighted by molar-refractivity contribution is 8.03. The summed E-state index contributed by atoms with van der Waals surface area (Å²) in [6.07, 6.45) is 3.02. The van der Waals surface area contributed by atoms with Crippen molar-refractivity contribution in [2.24, 2.45) is 0 Å². The Morgan fingerprint density at radius 1 is 1.25 bits per heavy atom. The van der Waals surface area contributed by atoms with E-state index in [-0.39, 0.29) is 0 Å². The van der Waals surface area contributed by atoms with Gasteiger partial charge in [0, 0.05) is 17.5 Å². The molecular formula is C10H10NS. The Labute approximate surface area is 76.9 Å². The van der Waals surface area contributed by atoms with Gasteiger partial charge < -0.3 is 0 Å². The van der Waals surface area contributed by atoms with E-state index in [1.54, 1.807) is 0 Å². The summed E-state index contributed by atoms with van der Waals surface area (Å²) in [5.74, 6) is 0.905. The maximum Gasteiger partial charge on any atom is 0.0887 e. The Hall–Kier alpha value is -0.890. The molecule has 0 N–H and O–H groups in total. The zero-order chi connectivity index (χ0) is 8.23. The fourth-order valence-corrected chi connectivity index (χ4v) is 1.92. The second-order valence-corrected chi connectivity index (χ2v) is 3.79. The van der Waals surface area contributed by atoms with Gasteiger partial charge in [0.25, 0.3) is 0 Å². The van der Waals surface area contributed by atoms with Crippen LogP contribution in [0.2, 0.25) is 0 Å². The third-order valence-electron chi connectivity index (χ3n) is 1.78. The first-order valence-electron chi connectivity index (χ1n) is 3.97. The van der Waals surface area contributed by atoms with Gasteiger partial charge in [0.05, 0.1) is 5.88 Å². The molecule has 0 atom stereocenters. The third-order valence-corrected chi connectivity index (χ3v) is 2.68. The second-order valence-electron chi connectivity index (χ2n) is 2.71. The minimum Gasteiger partial charge on any atom is -0.281 e. The molecule has 0 fully saturated rings. The predicted octanol–water partition coefficient (Wildman–Crippen LogP) is 2.38. The summed E-state index contributed by atoms with van der Waals surface area (Å²) in [4.78, 5) is 1.38. The second kappa shape index (κ2) is 3.68. The van der Waals surface area contributed by atoms with Crippen LogP contribution in [0, 0.1) is 0 Å². The number of benzene rings is 1. The van der Waals surface area contributed by atoms with Gasteiger partial charge in [-0.3, -0.25) is 5.32 Å². The van der Waals surface area contributed by atoms with Crippen molar-refractivity contribution in [3.05, 3.63) is 47.0 Å². The van der Waals surface area contributed by atoms with Crippen molar-refractivity contribution in [2.75, 3.05) is 5.88 Å². The highest BCUT2D eigenvalue weighted by Crippen LogP contribution is 2.23. The molecule has 0 bridgehead atoms. The van der Waals surface area contributed by atoms with Crippen LogP contribution in [0.4, 0.5) is 0 Å². The summed E-state index contributed by atoms with van der Waals surface area (Å²) in [5.41, 5.74) is 1.37. The maximum atomic E-state index is 4.16. The van der Waals surface area contributed by atoms with Crippen molar-refractivity contribution in [3.63, 3.8) is 0 Å². The minimum atomic E-state index is 0.905. The Bertz CT molecular complexity index is 279. The molecule has 2 heteroatoms. The highest BCUT2D eigenvalue weighted by Gasteiger charge is 2.05. The van der Waals surface area contributed by atoms with Crippen LogP contribution >= 0.6 is 11.8 Å². The molecule has 0 amide bonds. The van der Waals surface area contributed by atoms with Gasteiger partial charge in [-0.2, -0.15) is 0 Å². The third kappa shape index (κ3) is 1.83. The lowest BCUT2D eigenvalue weighted by Gasteiger charge is -1.98. The van der Waals surface area contributed by atoms with E-state index in [0.29, 0.717) is 0 Å². The van der Waals surface area contributed by atoms with E-state index >= 15 is 0 Å². The first-order valence-corrected chi connectivity index (χ1v) is 4.96. The number of rotatable bonds is 2. The van der Waals surface area contributed by atoms with Crippen molar-refractivity contribution >= 4 is 11.8 Å². The molecule has 1 nitrogen and oxygen atoms in total. The average Bonchev–Trinajstić information content (AvgIpc) is 2.59. The van der Waals surface area contributed by atoms with E-state index in [9.17, 15) is 0 Å². The van der Waals surface area contributed by atoms with Crippen molar-refractivity contribution in [1.29, 1.82) is 0 Å². The van der Waals surface area contributed by atoms with Crippen molar-refractivity contribution in [1.82, 2.24) is 5.32 Å². The summed E-state index contributed by atoms with van der Waals surface area (Å²) in [6.45, 7) is 0. The molecule has 1 heterocycles. The van der Waals surface area contributed by atoms with Gasteiger partial charge in [-0.05, 0) is 5.56 Å². The number of hydrogen-bond acceptors (Lipinski definition) is 1. The SMILES string of the molecule is C1=C(Cc2ccccc2)SC[N]1. The number of nitrogens with zero attached hydrogens (tertiary/aromatic N) is 1. The van der Waals surface area contributed by atoms with E-state index in [1.165, 1.54) is 10.5 Å². The minimum absolute atomic E-state index is 0.905. The first-order chi connectivity index (χ1) is 5.95.